The highest BCUT2D eigenvalue weighted by atomic mass is 16.3. The number of hydrogen-bond donors (Lipinski definition) is 1. The number of carbonyl (C=O) groups is 1. The van der Waals surface area contributed by atoms with Crippen LogP contribution < -0.4 is 0 Å². The number of nitrogens with zero attached hydrogens (tertiary/aromatic N) is 1. The second-order valence-corrected chi connectivity index (χ2v) is 3.56. The van der Waals surface area contributed by atoms with Crippen LogP contribution in [0, 0.1) is 0 Å². The summed E-state index contributed by atoms with van der Waals surface area (Å²) >= 11 is 0. The normalized spacial score (nSPS) is 22.4. The summed E-state index contributed by atoms with van der Waals surface area (Å²) in [5.41, 5.74) is 0.555. The fourth-order valence-electron chi connectivity index (χ4n) is 1.71. The lowest BCUT2D eigenvalue weighted by molar-refractivity contribution is 0.0473. The number of amides is 1. The molecule has 0 aliphatic carbocycles. The summed E-state index contributed by atoms with van der Waals surface area (Å²) in [4.78, 5) is 13.4. The van der Waals surface area contributed by atoms with E-state index in [0.29, 0.717) is 12.1 Å². The van der Waals surface area contributed by atoms with Gasteiger partial charge in [0.1, 0.15) is 6.26 Å². The molecule has 1 saturated heterocycles. The monoisotopic (exact) mass is 195 g/mol. The minimum atomic E-state index is -0.375. The van der Waals surface area contributed by atoms with Crippen molar-refractivity contribution in [2.75, 3.05) is 13.1 Å². The van der Waals surface area contributed by atoms with Crippen LogP contribution in [-0.4, -0.2) is 35.1 Å². The number of carbonyl (C=O) groups excluding carboxylic acids is 1. The van der Waals surface area contributed by atoms with Gasteiger partial charge in [0.2, 0.25) is 0 Å². The zero-order valence-electron chi connectivity index (χ0n) is 7.85. The Morgan fingerprint density at radius 3 is 3.14 bits per heavy atom. The molecule has 0 radical (unpaired) electrons. The van der Waals surface area contributed by atoms with E-state index in [4.69, 9.17) is 4.42 Å². The van der Waals surface area contributed by atoms with Crippen LogP contribution in [0.3, 0.4) is 0 Å². The van der Waals surface area contributed by atoms with Crippen molar-refractivity contribution in [3.05, 3.63) is 24.2 Å². The molecule has 14 heavy (non-hydrogen) atoms. The topological polar surface area (TPSA) is 53.7 Å². The van der Waals surface area contributed by atoms with Crippen LogP contribution in [0.4, 0.5) is 0 Å². The second kappa shape index (κ2) is 3.84. The fourth-order valence-corrected chi connectivity index (χ4v) is 1.71. The number of furan rings is 1. The molecule has 2 heterocycles. The van der Waals surface area contributed by atoms with E-state index >= 15 is 0 Å². The van der Waals surface area contributed by atoms with Crippen LogP contribution in [0.25, 0.3) is 0 Å². The molecule has 1 amide bonds. The van der Waals surface area contributed by atoms with Gasteiger partial charge in [-0.3, -0.25) is 4.79 Å². The lowest BCUT2D eigenvalue weighted by atomic mass is 10.1. The van der Waals surface area contributed by atoms with Crippen LogP contribution in [0.1, 0.15) is 23.2 Å². The lowest BCUT2D eigenvalue weighted by Crippen LogP contribution is -2.42. The molecule has 1 N–H and O–H groups in total. The molecular weight excluding hydrogens is 182 g/mol. The van der Waals surface area contributed by atoms with Crippen molar-refractivity contribution in [1.82, 2.24) is 4.90 Å². The molecule has 0 aromatic carbocycles. The first kappa shape index (κ1) is 9.27. The summed E-state index contributed by atoms with van der Waals surface area (Å²) < 4.78 is 4.84. The minimum Gasteiger partial charge on any atom is -0.472 e. The standard InChI is InChI=1S/C10H13NO3/c12-9-2-1-4-11(6-9)10(13)8-3-5-14-7-8/h3,5,7,9,12H,1-2,4,6H2/t9-/m0/s1. The summed E-state index contributed by atoms with van der Waals surface area (Å²) in [6, 6.07) is 1.64. The molecular formula is C10H13NO3. The molecule has 0 spiro atoms. The van der Waals surface area contributed by atoms with Crippen molar-refractivity contribution in [3.8, 4) is 0 Å². The molecule has 0 unspecified atom stereocenters. The Bertz CT molecular complexity index is 307. The van der Waals surface area contributed by atoms with Gasteiger partial charge in [0.15, 0.2) is 0 Å². The molecule has 2 rings (SSSR count). The van der Waals surface area contributed by atoms with E-state index in [0.717, 1.165) is 19.4 Å². The Hall–Kier alpha value is -1.29. The van der Waals surface area contributed by atoms with E-state index in [-0.39, 0.29) is 12.0 Å². The third kappa shape index (κ3) is 1.80. The Morgan fingerprint density at radius 1 is 1.64 bits per heavy atom. The maximum absolute atomic E-state index is 11.8. The average Bonchev–Trinajstić information content (AvgIpc) is 2.69. The quantitative estimate of drug-likeness (QED) is 0.723. The van der Waals surface area contributed by atoms with Gasteiger partial charge in [-0.15, -0.1) is 0 Å². The first-order valence-electron chi connectivity index (χ1n) is 4.77. The van der Waals surface area contributed by atoms with Gasteiger partial charge in [-0.2, -0.15) is 0 Å². The first-order valence-corrected chi connectivity index (χ1v) is 4.77. The van der Waals surface area contributed by atoms with E-state index in [9.17, 15) is 9.90 Å². The van der Waals surface area contributed by atoms with Gasteiger partial charge in [-0.25, -0.2) is 0 Å². The van der Waals surface area contributed by atoms with Gasteiger partial charge in [-0.05, 0) is 18.9 Å². The van der Waals surface area contributed by atoms with E-state index in [1.54, 1.807) is 11.0 Å². The average molecular weight is 195 g/mol. The van der Waals surface area contributed by atoms with E-state index in [2.05, 4.69) is 0 Å². The Morgan fingerprint density at radius 2 is 2.50 bits per heavy atom. The molecule has 1 aliphatic heterocycles. The van der Waals surface area contributed by atoms with Gasteiger partial charge in [-0.1, -0.05) is 0 Å². The summed E-state index contributed by atoms with van der Waals surface area (Å²) in [5, 5.41) is 9.41. The summed E-state index contributed by atoms with van der Waals surface area (Å²) in [7, 11) is 0. The van der Waals surface area contributed by atoms with Crippen LogP contribution in [0.2, 0.25) is 0 Å². The molecule has 1 aromatic rings. The first-order chi connectivity index (χ1) is 6.77. The number of aliphatic hydroxyl groups is 1. The third-order valence-corrected chi connectivity index (χ3v) is 2.45. The fraction of sp³-hybridized carbons (Fsp3) is 0.500. The number of rotatable bonds is 1. The maximum atomic E-state index is 11.8. The molecule has 0 bridgehead atoms. The van der Waals surface area contributed by atoms with E-state index in [1.165, 1.54) is 12.5 Å². The molecule has 1 aliphatic rings. The van der Waals surface area contributed by atoms with Crippen LogP contribution in [0.5, 0.6) is 0 Å². The number of aliphatic hydroxyl groups excluding tert-OH is 1. The zero-order chi connectivity index (χ0) is 9.97. The number of likely N-dealkylation sites (tertiary alicyclic amines) is 1. The molecule has 1 fully saturated rings. The van der Waals surface area contributed by atoms with Gasteiger partial charge >= 0.3 is 0 Å². The van der Waals surface area contributed by atoms with Crippen molar-refractivity contribution < 1.29 is 14.3 Å². The van der Waals surface area contributed by atoms with Gasteiger partial charge in [0.05, 0.1) is 17.9 Å². The van der Waals surface area contributed by atoms with Gasteiger partial charge < -0.3 is 14.4 Å². The van der Waals surface area contributed by atoms with Crippen molar-refractivity contribution in [3.63, 3.8) is 0 Å². The van der Waals surface area contributed by atoms with E-state index < -0.39 is 0 Å². The molecule has 76 valence electrons. The zero-order valence-corrected chi connectivity index (χ0v) is 7.85. The second-order valence-electron chi connectivity index (χ2n) is 3.56. The molecule has 4 nitrogen and oxygen atoms in total. The van der Waals surface area contributed by atoms with Crippen molar-refractivity contribution in [2.24, 2.45) is 0 Å². The molecule has 4 heteroatoms. The Labute approximate surface area is 82.1 Å². The minimum absolute atomic E-state index is 0.0579. The van der Waals surface area contributed by atoms with E-state index in [1.807, 2.05) is 0 Å². The van der Waals surface area contributed by atoms with Gasteiger partial charge in [0, 0.05) is 13.1 Å². The van der Waals surface area contributed by atoms with Crippen LogP contribution in [0.15, 0.2) is 23.0 Å². The van der Waals surface area contributed by atoms with Crippen molar-refractivity contribution in [2.45, 2.75) is 18.9 Å². The van der Waals surface area contributed by atoms with Crippen molar-refractivity contribution in [1.29, 1.82) is 0 Å². The Kier molecular flexibility index (Phi) is 2.54. The summed E-state index contributed by atoms with van der Waals surface area (Å²) in [6.45, 7) is 1.16. The van der Waals surface area contributed by atoms with Gasteiger partial charge in [0.25, 0.3) is 5.91 Å². The smallest absolute Gasteiger partial charge is 0.257 e. The molecule has 0 saturated carbocycles. The predicted octanol–water partition coefficient (Wildman–Crippen LogP) is 0.877. The predicted molar refractivity (Wildman–Crippen MR) is 49.9 cm³/mol. The third-order valence-electron chi connectivity index (χ3n) is 2.45. The van der Waals surface area contributed by atoms with Crippen LogP contribution >= 0.6 is 0 Å². The number of piperidine rings is 1. The molecule has 1 atom stereocenters. The Balaban J connectivity index is 2.04. The number of β-amino-alcohol motifs (C(OH)–C–C–N with tert-alkyl or cyclic N) is 1. The molecule has 1 aromatic heterocycles. The lowest BCUT2D eigenvalue weighted by Gasteiger charge is -2.29. The summed E-state index contributed by atoms with van der Waals surface area (Å²) in [5.74, 6) is -0.0579. The highest BCUT2D eigenvalue weighted by Crippen LogP contribution is 2.13. The summed E-state index contributed by atoms with van der Waals surface area (Å²) in [6.07, 6.45) is 4.19. The van der Waals surface area contributed by atoms with Crippen molar-refractivity contribution >= 4 is 5.91 Å². The highest BCUT2D eigenvalue weighted by Gasteiger charge is 2.23. The number of hydrogen-bond acceptors (Lipinski definition) is 3. The maximum Gasteiger partial charge on any atom is 0.257 e. The van der Waals surface area contributed by atoms with Crippen LogP contribution in [-0.2, 0) is 0 Å². The SMILES string of the molecule is O=C(c1ccoc1)N1CCC[C@H](O)C1. The largest absolute Gasteiger partial charge is 0.472 e. The highest BCUT2D eigenvalue weighted by molar-refractivity contribution is 5.93.